The minimum Gasteiger partial charge on any atom is -0.494 e. The molecule has 0 saturated heterocycles. The predicted molar refractivity (Wildman–Crippen MR) is 97.5 cm³/mol. The molecule has 0 atom stereocenters. The summed E-state index contributed by atoms with van der Waals surface area (Å²) in [7, 11) is 0. The van der Waals surface area contributed by atoms with Gasteiger partial charge in [0.25, 0.3) is 0 Å². The Morgan fingerprint density at radius 3 is 2.81 bits per heavy atom. The van der Waals surface area contributed by atoms with Crippen molar-refractivity contribution in [3.8, 4) is 5.75 Å². The molecule has 0 aliphatic rings. The topological polar surface area (TPSA) is 56.1 Å². The Hall–Kier alpha value is -3.15. The van der Waals surface area contributed by atoms with Gasteiger partial charge in [-0.05, 0) is 48.4 Å². The van der Waals surface area contributed by atoms with E-state index < -0.39 is 0 Å². The second-order valence-corrected chi connectivity index (χ2v) is 5.89. The van der Waals surface area contributed by atoms with Crippen LogP contribution >= 0.6 is 0 Å². The number of ether oxygens (including phenoxy) is 1. The molecule has 26 heavy (non-hydrogen) atoms. The van der Waals surface area contributed by atoms with Crippen molar-refractivity contribution in [1.82, 2.24) is 9.55 Å². The van der Waals surface area contributed by atoms with Crippen LogP contribution in [0, 0.1) is 5.82 Å². The smallest absolute Gasteiger partial charge is 0.224 e. The van der Waals surface area contributed by atoms with E-state index in [-0.39, 0.29) is 11.7 Å². The van der Waals surface area contributed by atoms with Gasteiger partial charge >= 0.3 is 0 Å². The Morgan fingerprint density at radius 2 is 2.04 bits per heavy atom. The summed E-state index contributed by atoms with van der Waals surface area (Å²) in [4.78, 5) is 16.1. The molecule has 6 heteroatoms. The third kappa shape index (κ3) is 5.44. The number of carbonyl (C=O) groups is 1. The van der Waals surface area contributed by atoms with Crippen LogP contribution in [0.25, 0.3) is 0 Å². The largest absolute Gasteiger partial charge is 0.494 e. The van der Waals surface area contributed by atoms with Gasteiger partial charge in [-0.3, -0.25) is 4.79 Å². The average molecular weight is 353 g/mol. The highest BCUT2D eigenvalue weighted by atomic mass is 19.1. The molecule has 5 nitrogen and oxygen atoms in total. The van der Waals surface area contributed by atoms with E-state index in [1.807, 2.05) is 35.0 Å². The lowest BCUT2D eigenvalue weighted by Gasteiger charge is -2.09. The highest BCUT2D eigenvalue weighted by Gasteiger charge is 2.04. The van der Waals surface area contributed by atoms with E-state index in [2.05, 4.69) is 10.3 Å². The van der Waals surface area contributed by atoms with Crippen molar-refractivity contribution in [3.63, 3.8) is 0 Å². The maximum Gasteiger partial charge on any atom is 0.224 e. The second-order valence-electron chi connectivity index (χ2n) is 5.89. The maximum atomic E-state index is 12.8. The Kier molecular flexibility index (Phi) is 5.98. The van der Waals surface area contributed by atoms with Gasteiger partial charge in [0.05, 0.1) is 12.9 Å². The summed E-state index contributed by atoms with van der Waals surface area (Å²) in [5.41, 5.74) is 1.85. The first-order chi connectivity index (χ1) is 12.7. The molecule has 0 unspecified atom stereocenters. The van der Waals surface area contributed by atoms with E-state index >= 15 is 0 Å². The van der Waals surface area contributed by atoms with Gasteiger partial charge in [0.2, 0.25) is 5.91 Å². The van der Waals surface area contributed by atoms with E-state index in [1.165, 1.54) is 12.1 Å². The molecule has 0 aliphatic carbocycles. The molecule has 0 aliphatic heterocycles. The normalized spacial score (nSPS) is 10.5. The van der Waals surface area contributed by atoms with E-state index in [4.69, 9.17) is 4.74 Å². The zero-order valence-electron chi connectivity index (χ0n) is 14.3. The van der Waals surface area contributed by atoms with Crippen molar-refractivity contribution in [1.29, 1.82) is 0 Å². The molecule has 134 valence electrons. The molecule has 2 aromatic carbocycles. The van der Waals surface area contributed by atoms with E-state index in [0.717, 1.165) is 11.3 Å². The predicted octanol–water partition coefficient (Wildman–Crippen LogP) is 3.87. The number of hydrogen-bond donors (Lipinski definition) is 1. The fourth-order valence-electron chi connectivity index (χ4n) is 2.52. The van der Waals surface area contributed by atoms with Crippen LogP contribution in [0.15, 0.2) is 67.3 Å². The summed E-state index contributed by atoms with van der Waals surface area (Å²) in [5.74, 6) is 0.235. The zero-order chi connectivity index (χ0) is 18.2. The van der Waals surface area contributed by atoms with Gasteiger partial charge in [-0.1, -0.05) is 12.1 Å². The molecule has 3 rings (SSSR count). The Morgan fingerprint density at radius 1 is 1.19 bits per heavy atom. The number of benzene rings is 2. The Balaban J connectivity index is 1.42. The van der Waals surface area contributed by atoms with Crippen molar-refractivity contribution in [2.75, 3.05) is 11.9 Å². The number of nitrogens with zero attached hydrogens (tertiary/aromatic N) is 2. The summed E-state index contributed by atoms with van der Waals surface area (Å²) in [6.07, 6.45) is 6.32. The van der Waals surface area contributed by atoms with Gasteiger partial charge in [-0.15, -0.1) is 0 Å². The van der Waals surface area contributed by atoms with Crippen molar-refractivity contribution in [2.45, 2.75) is 19.4 Å². The van der Waals surface area contributed by atoms with Crippen molar-refractivity contribution >= 4 is 11.6 Å². The molecule has 0 bridgehead atoms. The second kappa shape index (κ2) is 8.80. The summed E-state index contributed by atoms with van der Waals surface area (Å²) in [6.45, 7) is 1.11. The van der Waals surface area contributed by atoms with Crippen LogP contribution in [-0.2, 0) is 11.3 Å². The SMILES string of the molecule is O=C(CCCOc1ccc(F)cc1)Nc1cccc(Cn2ccnc2)c1. The fourth-order valence-corrected chi connectivity index (χ4v) is 2.52. The van der Waals surface area contributed by atoms with E-state index in [9.17, 15) is 9.18 Å². The summed E-state index contributed by atoms with van der Waals surface area (Å²) < 4.78 is 20.3. The minimum absolute atomic E-state index is 0.0625. The number of amides is 1. The quantitative estimate of drug-likeness (QED) is 0.626. The number of carbonyl (C=O) groups excluding carboxylic acids is 1. The summed E-state index contributed by atoms with van der Waals surface area (Å²) >= 11 is 0. The monoisotopic (exact) mass is 353 g/mol. The van der Waals surface area contributed by atoms with Gasteiger partial charge < -0.3 is 14.6 Å². The molecule has 3 aromatic rings. The van der Waals surface area contributed by atoms with E-state index in [0.29, 0.717) is 31.7 Å². The molecule has 1 amide bonds. The van der Waals surface area contributed by atoms with Crippen LogP contribution in [0.2, 0.25) is 0 Å². The zero-order valence-corrected chi connectivity index (χ0v) is 14.3. The molecule has 1 aromatic heterocycles. The number of aromatic nitrogens is 2. The molecule has 0 spiro atoms. The lowest BCUT2D eigenvalue weighted by Crippen LogP contribution is -2.13. The Bertz CT molecular complexity index is 833. The maximum absolute atomic E-state index is 12.8. The van der Waals surface area contributed by atoms with Crippen molar-refractivity contribution < 1.29 is 13.9 Å². The third-order valence-electron chi connectivity index (χ3n) is 3.77. The van der Waals surface area contributed by atoms with Crippen LogP contribution in [0.5, 0.6) is 5.75 Å². The van der Waals surface area contributed by atoms with Gasteiger partial charge in [-0.2, -0.15) is 0 Å². The molecule has 0 saturated carbocycles. The lowest BCUT2D eigenvalue weighted by molar-refractivity contribution is -0.116. The third-order valence-corrected chi connectivity index (χ3v) is 3.77. The van der Waals surface area contributed by atoms with Crippen LogP contribution in [0.1, 0.15) is 18.4 Å². The number of imidazole rings is 1. The molecular formula is C20H20FN3O2. The Labute approximate surface area is 151 Å². The first-order valence-electron chi connectivity index (χ1n) is 8.42. The molecule has 1 heterocycles. The van der Waals surface area contributed by atoms with E-state index in [1.54, 1.807) is 24.7 Å². The van der Waals surface area contributed by atoms with Crippen LogP contribution in [0.3, 0.4) is 0 Å². The number of nitrogens with one attached hydrogen (secondary N) is 1. The lowest BCUT2D eigenvalue weighted by atomic mass is 10.2. The molecule has 0 radical (unpaired) electrons. The molecular weight excluding hydrogens is 333 g/mol. The van der Waals surface area contributed by atoms with Crippen molar-refractivity contribution in [2.24, 2.45) is 0 Å². The standard InChI is InChI=1S/C20H20FN3O2/c21-17-6-8-19(9-7-17)26-12-2-5-20(25)23-18-4-1-3-16(13-18)14-24-11-10-22-15-24/h1,3-4,6-11,13,15H,2,5,12,14H2,(H,23,25). The summed E-state index contributed by atoms with van der Waals surface area (Å²) in [5, 5.41) is 2.90. The summed E-state index contributed by atoms with van der Waals surface area (Å²) in [6, 6.07) is 13.6. The highest BCUT2D eigenvalue weighted by Crippen LogP contribution is 2.14. The van der Waals surface area contributed by atoms with Crippen LogP contribution in [-0.4, -0.2) is 22.1 Å². The average Bonchev–Trinajstić information content (AvgIpc) is 3.13. The first-order valence-corrected chi connectivity index (χ1v) is 8.42. The number of rotatable bonds is 8. The van der Waals surface area contributed by atoms with Gasteiger partial charge in [-0.25, -0.2) is 9.37 Å². The highest BCUT2D eigenvalue weighted by molar-refractivity contribution is 5.90. The van der Waals surface area contributed by atoms with Crippen LogP contribution in [0.4, 0.5) is 10.1 Å². The van der Waals surface area contributed by atoms with Crippen LogP contribution < -0.4 is 10.1 Å². The number of anilines is 1. The minimum atomic E-state index is -0.299. The number of halogens is 1. The molecule has 0 fully saturated rings. The first kappa shape index (κ1) is 17.7. The molecule has 1 N–H and O–H groups in total. The number of hydrogen-bond acceptors (Lipinski definition) is 3. The van der Waals surface area contributed by atoms with Gasteiger partial charge in [0.1, 0.15) is 11.6 Å². The van der Waals surface area contributed by atoms with Gasteiger partial charge in [0.15, 0.2) is 0 Å². The van der Waals surface area contributed by atoms with Gasteiger partial charge in [0, 0.05) is 31.0 Å². The van der Waals surface area contributed by atoms with Crippen molar-refractivity contribution in [3.05, 3.63) is 78.6 Å². The fraction of sp³-hybridized carbons (Fsp3) is 0.200.